The van der Waals surface area contributed by atoms with Gasteiger partial charge in [0.25, 0.3) is 5.69 Å². The zero-order chi connectivity index (χ0) is 14.0. The lowest BCUT2D eigenvalue weighted by Gasteiger charge is -2.09. The average molecular weight is 261 g/mol. The van der Waals surface area contributed by atoms with E-state index in [0.717, 1.165) is 18.5 Å². The van der Waals surface area contributed by atoms with Crippen molar-refractivity contribution in [3.8, 4) is 5.69 Å². The van der Waals surface area contributed by atoms with Gasteiger partial charge in [0.1, 0.15) is 0 Å². The maximum absolute atomic E-state index is 11.0. The van der Waals surface area contributed by atoms with Gasteiger partial charge >= 0.3 is 0 Å². The van der Waals surface area contributed by atoms with E-state index in [1.165, 1.54) is 6.07 Å². The summed E-state index contributed by atoms with van der Waals surface area (Å²) in [5.41, 5.74) is 7.82. The van der Waals surface area contributed by atoms with Crippen molar-refractivity contribution >= 4 is 11.5 Å². The van der Waals surface area contributed by atoms with Gasteiger partial charge in [0, 0.05) is 6.07 Å². The van der Waals surface area contributed by atoms with Crippen molar-refractivity contribution in [3.63, 3.8) is 0 Å². The number of nitro groups is 1. The third-order valence-corrected chi connectivity index (χ3v) is 2.98. The summed E-state index contributed by atoms with van der Waals surface area (Å²) in [5.74, 6) is 0.368. The number of benzene rings is 1. The van der Waals surface area contributed by atoms with Gasteiger partial charge in [-0.2, -0.15) is 0 Å². The van der Waals surface area contributed by atoms with Crippen LogP contribution in [0.1, 0.15) is 24.6 Å². The highest BCUT2D eigenvalue weighted by Crippen LogP contribution is 2.25. The fourth-order valence-corrected chi connectivity index (χ4v) is 2.02. The van der Waals surface area contributed by atoms with Crippen molar-refractivity contribution in [1.82, 2.24) is 15.0 Å². The molecule has 0 fully saturated rings. The minimum atomic E-state index is -0.404. The highest BCUT2D eigenvalue weighted by atomic mass is 16.6. The lowest BCUT2D eigenvalue weighted by Crippen LogP contribution is -2.06. The first kappa shape index (κ1) is 13.0. The SMILES string of the molecule is CCCc1c(N)nnn1-c1cccc([N+](=O)[O-])c1C. The monoisotopic (exact) mass is 261 g/mol. The zero-order valence-electron chi connectivity index (χ0n) is 10.8. The molecule has 1 aromatic carbocycles. The van der Waals surface area contributed by atoms with Crippen LogP contribution in [-0.2, 0) is 6.42 Å². The van der Waals surface area contributed by atoms with Crippen molar-refractivity contribution in [3.05, 3.63) is 39.6 Å². The van der Waals surface area contributed by atoms with Crippen LogP contribution in [0.4, 0.5) is 11.5 Å². The molecule has 0 saturated heterocycles. The Hall–Kier alpha value is -2.44. The normalized spacial score (nSPS) is 10.6. The molecular weight excluding hydrogens is 246 g/mol. The van der Waals surface area contributed by atoms with Crippen molar-refractivity contribution in [2.45, 2.75) is 26.7 Å². The Balaban J connectivity index is 2.59. The molecular formula is C12H15N5O2. The molecule has 0 radical (unpaired) electrons. The van der Waals surface area contributed by atoms with Crippen LogP contribution in [0.15, 0.2) is 18.2 Å². The Labute approximate surface area is 110 Å². The van der Waals surface area contributed by atoms with Crippen LogP contribution in [0.3, 0.4) is 0 Å². The van der Waals surface area contributed by atoms with Gasteiger partial charge in [-0.25, -0.2) is 4.68 Å². The summed E-state index contributed by atoms with van der Waals surface area (Å²) < 4.78 is 1.58. The van der Waals surface area contributed by atoms with E-state index >= 15 is 0 Å². The van der Waals surface area contributed by atoms with Crippen molar-refractivity contribution in [2.24, 2.45) is 0 Å². The summed E-state index contributed by atoms with van der Waals surface area (Å²) in [7, 11) is 0. The molecule has 2 N–H and O–H groups in total. The molecule has 0 bridgehead atoms. The molecule has 0 aliphatic heterocycles. The molecule has 2 aromatic rings. The van der Waals surface area contributed by atoms with Crippen LogP contribution in [0.2, 0.25) is 0 Å². The van der Waals surface area contributed by atoms with Crippen LogP contribution >= 0.6 is 0 Å². The Morgan fingerprint density at radius 3 is 2.84 bits per heavy atom. The fraction of sp³-hybridized carbons (Fsp3) is 0.333. The summed E-state index contributed by atoms with van der Waals surface area (Å²) in [4.78, 5) is 10.6. The van der Waals surface area contributed by atoms with Gasteiger partial charge in [0.05, 0.1) is 21.9 Å². The van der Waals surface area contributed by atoms with Gasteiger partial charge in [-0.05, 0) is 19.4 Å². The predicted octanol–water partition coefficient (Wildman–Crippen LogP) is 2.02. The molecule has 7 nitrogen and oxygen atoms in total. The summed E-state index contributed by atoms with van der Waals surface area (Å²) >= 11 is 0. The van der Waals surface area contributed by atoms with Crippen LogP contribution in [0.5, 0.6) is 0 Å². The summed E-state index contributed by atoms with van der Waals surface area (Å²) in [6.07, 6.45) is 1.62. The smallest absolute Gasteiger partial charge is 0.274 e. The number of hydrogen-bond donors (Lipinski definition) is 1. The number of nitro benzene ring substituents is 1. The van der Waals surface area contributed by atoms with Crippen LogP contribution in [0, 0.1) is 17.0 Å². The second-order valence-electron chi connectivity index (χ2n) is 4.26. The van der Waals surface area contributed by atoms with E-state index in [9.17, 15) is 10.1 Å². The van der Waals surface area contributed by atoms with Crippen molar-refractivity contribution < 1.29 is 4.92 Å². The zero-order valence-corrected chi connectivity index (χ0v) is 10.8. The largest absolute Gasteiger partial charge is 0.381 e. The van der Waals surface area contributed by atoms with E-state index in [2.05, 4.69) is 10.3 Å². The first-order valence-electron chi connectivity index (χ1n) is 6.00. The van der Waals surface area contributed by atoms with Gasteiger partial charge in [0.15, 0.2) is 5.82 Å². The van der Waals surface area contributed by atoms with Gasteiger partial charge < -0.3 is 5.73 Å². The van der Waals surface area contributed by atoms with Gasteiger partial charge in [-0.3, -0.25) is 10.1 Å². The van der Waals surface area contributed by atoms with Crippen LogP contribution < -0.4 is 5.73 Å². The first-order chi connectivity index (χ1) is 9.06. The topological polar surface area (TPSA) is 99.9 Å². The van der Waals surface area contributed by atoms with E-state index in [1.54, 1.807) is 23.7 Å². The molecule has 0 unspecified atom stereocenters. The lowest BCUT2D eigenvalue weighted by molar-refractivity contribution is -0.385. The molecule has 19 heavy (non-hydrogen) atoms. The molecule has 100 valence electrons. The van der Waals surface area contributed by atoms with E-state index in [0.29, 0.717) is 17.1 Å². The minimum absolute atomic E-state index is 0.0639. The lowest BCUT2D eigenvalue weighted by atomic mass is 10.1. The maximum Gasteiger partial charge on any atom is 0.274 e. The van der Waals surface area contributed by atoms with E-state index < -0.39 is 4.92 Å². The molecule has 0 spiro atoms. The molecule has 0 amide bonds. The summed E-state index contributed by atoms with van der Waals surface area (Å²) in [6, 6.07) is 4.88. The molecule has 7 heteroatoms. The average Bonchev–Trinajstić information content (AvgIpc) is 2.72. The van der Waals surface area contributed by atoms with Crippen LogP contribution in [0.25, 0.3) is 5.69 Å². The van der Waals surface area contributed by atoms with Gasteiger partial charge in [-0.15, -0.1) is 5.10 Å². The van der Waals surface area contributed by atoms with Crippen LogP contribution in [-0.4, -0.2) is 19.9 Å². The third kappa shape index (κ3) is 2.26. The molecule has 0 saturated carbocycles. The second-order valence-corrected chi connectivity index (χ2v) is 4.26. The standard InChI is InChI=1S/C12H15N5O2/c1-3-5-11-12(13)14-15-16(11)9-6-4-7-10(8(9)2)17(18)19/h4,6-7H,3,5,13H2,1-2H3. The first-order valence-corrected chi connectivity index (χ1v) is 6.00. The Morgan fingerprint density at radius 1 is 1.47 bits per heavy atom. The molecule has 1 heterocycles. The molecule has 0 aliphatic rings. The molecule has 0 atom stereocenters. The number of nitrogen functional groups attached to an aromatic ring is 1. The predicted molar refractivity (Wildman–Crippen MR) is 71.2 cm³/mol. The molecule has 2 rings (SSSR count). The summed E-state index contributed by atoms with van der Waals surface area (Å²) in [6.45, 7) is 3.72. The fourth-order valence-electron chi connectivity index (χ4n) is 2.02. The Bertz CT molecular complexity index is 621. The molecule has 1 aromatic heterocycles. The number of anilines is 1. The van der Waals surface area contributed by atoms with Crippen molar-refractivity contribution in [1.29, 1.82) is 0 Å². The highest BCUT2D eigenvalue weighted by Gasteiger charge is 2.18. The maximum atomic E-state index is 11.0. The highest BCUT2D eigenvalue weighted by molar-refractivity contribution is 5.54. The third-order valence-electron chi connectivity index (χ3n) is 2.98. The van der Waals surface area contributed by atoms with Gasteiger partial charge in [0.2, 0.25) is 0 Å². The summed E-state index contributed by atoms with van der Waals surface area (Å²) in [5, 5.41) is 18.8. The Morgan fingerprint density at radius 2 is 2.21 bits per heavy atom. The van der Waals surface area contributed by atoms with Gasteiger partial charge in [-0.1, -0.05) is 24.6 Å². The number of nitrogens with two attached hydrogens (primary N) is 1. The number of rotatable bonds is 4. The Kier molecular flexibility index (Phi) is 3.46. The van der Waals surface area contributed by atoms with E-state index in [1.807, 2.05) is 6.92 Å². The number of hydrogen-bond acceptors (Lipinski definition) is 5. The quantitative estimate of drug-likeness (QED) is 0.670. The second kappa shape index (κ2) is 5.05. The van der Waals surface area contributed by atoms with Crippen molar-refractivity contribution in [2.75, 3.05) is 5.73 Å². The number of nitrogens with zero attached hydrogens (tertiary/aromatic N) is 4. The van der Waals surface area contributed by atoms with E-state index in [-0.39, 0.29) is 5.69 Å². The molecule has 0 aliphatic carbocycles. The minimum Gasteiger partial charge on any atom is -0.381 e. The van der Waals surface area contributed by atoms with E-state index in [4.69, 9.17) is 5.73 Å². The number of aromatic nitrogens is 3.